The fraction of sp³-hybridized carbons (Fsp3) is 0.143. The Morgan fingerprint density at radius 2 is 2.50 bits per heavy atom. The molecule has 0 aromatic heterocycles. The third-order valence-corrected chi connectivity index (χ3v) is 1.67. The average molecular weight is 293 g/mol. The van der Waals surface area contributed by atoms with E-state index in [4.69, 9.17) is 11.7 Å². The summed E-state index contributed by atoms with van der Waals surface area (Å²) in [5.74, 6) is 1.68. The maximum atomic E-state index is 10.8. The smallest absolute Gasteiger partial charge is 0.333 e. The molecule has 5 heteroatoms. The molecule has 0 aliphatic rings. The molecular weight excluding hydrogens is 289 g/mol. The van der Waals surface area contributed by atoms with Gasteiger partial charge in [-0.3, -0.25) is 0 Å². The molecule has 0 spiro atoms. The highest BCUT2D eigenvalue weighted by molar-refractivity contribution is 14.1. The number of carbonyl (C=O) groups excluding carboxylic acids is 1. The number of thioether (sulfide) groups is 1. The standard InChI is InChI=1S/C7H4INO2S/c1-2-6(8)11-7(10)3-4-12-5-9/h1,3-4,6H/b4-3+. The molecule has 0 bridgehead atoms. The van der Waals surface area contributed by atoms with Crippen molar-refractivity contribution in [3.8, 4) is 17.7 Å². The topological polar surface area (TPSA) is 50.1 Å². The number of esters is 1. The lowest BCUT2D eigenvalue weighted by Gasteiger charge is -2.00. The second kappa shape index (κ2) is 7.01. The molecule has 0 radical (unpaired) electrons. The van der Waals surface area contributed by atoms with Gasteiger partial charge in [-0.15, -0.1) is 6.42 Å². The first-order valence-corrected chi connectivity index (χ1v) is 4.85. The van der Waals surface area contributed by atoms with Crippen LogP contribution in [0.25, 0.3) is 0 Å². The molecule has 0 aromatic rings. The number of thiocyanates is 1. The Kier molecular flexibility index (Phi) is 6.63. The van der Waals surface area contributed by atoms with E-state index >= 15 is 0 Å². The Hall–Kier alpha value is -0.660. The molecule has 0 heterocycles. The van der Waals surface area contributed by atoms with Gasteiger partial charge in [0.25, 0.3) is 0 Å². The lowest BCUT2D eigenvalue weighted by Crippen LogP contribution is -2.06. The predicted octanol–water partition coefficient (Wildman–Crippen LogP) is 1.65. The molecule has 62 valence electrons. The third-order valence-electron chi connectivity index (χ3n) is 0.676. The van der Waals surface area contributed by atoms with E-state index in [1.54, 1.807) is 28.0 Å². The molecule has 0 aliphatic heterocycles. The molecule has 0 amide bonds. The summed E-state index contributed by atoms with van der Waals surface area (Å²) in [4.78, 5) is 10.8. The van der Waals surface area contributed by atoms with Gasteiger partial charge >= 0.3 is 5.97 Å². The van der Waals surface area contributed by atoms with Crippen molar-refractivity contribution in [2.75, 3.05) is 0 Å². The van der Waals surface area contributed by atoms with Crippen LogP contribution in [0.3, 0.4) is 0 Å². The molecule has 0 aromatic carbocycles. The molecule has 0 N–H and O–H groups in total. The Balaban J connectivity index is 3.77. The van der Waals surface area contributed by atoms with Crippen molar-refractivity contribution in [3.63, 3.8) is 0 Å². The summed E-state index contributed by atoms with van der Waals surface area (Å²) in [5.41, 5.74) is 0. The van der Waals surface area contributed by atoms with Crippen LogP contribution in [0, 0.1) is 23.0 Å². The number of ether oxygens (including phenoxy) is 1. The first kappa shape index (κ1) is 11.3. The van der Waals surface area contributed by atoms with Gasteiger partial charge in [-0.2, -0.15) is 5.26 Å². The highest BCUT2D eigenvalue weighted by Crippen LogP contribution is 2.03. The average Bonchev–Trinajstić information content (AvgIpc) is 2.05. The number of hydrogen-bond acceptors (Lipinski definition) is 4. The Morgan fingerprint density at radius 1 is 1.83 bits per heavy atom. The highest BCUT2D eigenvalue weighted by Gasteiger charge is 2.02. The first-order valence-electron chi connectivity index (χ1n) is 2.72. The van der Waals surface area contributed by atoms with E-state index in [1.165, 1.54) is 5.41 Å². The zero-order chi connectivity index (χ0) is 9.40. The molecule has 0 aliphatic carbocycles. The molecule has 1 unspecified atom stereocenters. The Morgan fingerprint density at radius 3 is 3.00 bits per heavy atom. The molecule has 1 atom stereocenters. The van der Waals surface area contributed by atoms with Crippen LogP contribution in [0.15, 0.2) is 11.5 Å². The van der Waals surface area contributed by atoms with E-state index in [0.717, 1.165) is 17.8 Å². The molecule has 12 heavy (non-hydrogen) atoms. The van der Waals surface area contributed by atoms with E-state index in [0.29, 0.717) is 0 Å². The van der Waals surface area contributed by atoms with E-state index in [2.05, 4.69) is 10.7 Å². The summed E-state index contributed by atoms with van der Waals surface area (Å²) >= 11 is 2.64. The number of alkyl halides is 1. The quantitative estimate of drug-likeness (QED) is 0.198. The van der Waals surface area contributed by atoms with Crippen molar-refractivity contribution >= 4 is 40.3 Å². The van der Waals surface area contributed by atoms with Gasteiger partial charge in [-0.1, -0.05) is 5.92 Å². The Bertz CT molecular complexity index is 264. The van der Waals surface area contributed by atoms with Gasteiger partial charge in [0.05, 0.1) is 0 Å². The molecular formula is C7H4INO2S. The minimum Gasteiger partial charge on any atom is -0.436 e. The van der Waals surface area contributed by atoms with Crippen LogP contribution in [-0.2, 0) is 9.53 Å². The van der Waals surface area contributed by atoms with Crippen LogP contribution in [0.5, 0.6) is 0 Å². The van der Waals surface area contributed by atoms with Gasteiger partial charge in [-0.05, 0) is 39.8 Å². The number of hydrogen-bond donors (Lipinski definition) is 0. The summed E-state index contributed by atoms with van der Waals surface area (Å²) in [5, 5.41) is 11.2. The van der Waals surface area contributed by atoms with Gasteiger partial charge < -0.3 is 4.74 Å². The van der Waals surface area contributed by atoms with Crippen molar-refractivity contribution in [2.45, 2.75) is 4.11 Å². The van der Waals surface area contributed by atoms with Crippen molar-refractivity contribution < 1.29 is 9.53 Å². The molecule has 0 saturated heterocycles. The van der Waals surface area contributed by atoms with Crippen LogP contribution >= 0.6 is 34.4 Å². The number of carbonyl (C=O) groups is 1. The fourth-order valence-electron chi connectivity index (χ4n) is 0.295. The minimum absolute atomic E-state index is 0.546. The lowest BCUT2D eigenvalue weighted by molar-refractivity contribution is -0.136. The summed E-state index contributed by atoms with van der Waals surface area (Å²) in [6.07, 6.45) is 6.11. The summed E-state index contributed by atoms with van der Waals surface area (Å²) in [7, 11) is 0. The van der Waals surface area contributed by atoms with Gasteiger partial charge in [0, 0.05) is 6.08 Å². The van der Waals surface area contributed by atoms with Gasteiger partial charge in [0.2, 0.25) is 4.11 Å². The monoisotopic (exact) mass is 293 g/mol. The van der Waals surface area contributed by atoms with E-state index in [1.807, 2.05) is 0 Å². The number of halogens is 1. The van der Waals surface area contributed by atoms with E-state index in [9.17, 15) is 4.79 Å². The molecule has 0 rings (SSSR count). The van der Waals surface area contributed by atoms with Crippen LogP contribution in [0.2, 0.25) is 0 Å². The zero-order valence-electron chi connectivity index (χ0n) is 5.86. The first-order chi connectivity index (χ1) is 5.70. The van der Waals surface area contributed by atoms with E-state index < -0.39 is 10.1 Å². The Labute approximate surface area is 88.3 Å². The number of terminal acetylenes is 1. The maximum absolute atomic E-state index is 10.8. The lowest BCUT2D eigenvalue weighted by atomic mass is 10.6. The van der Waals surface area contributed by atoms with Crippen molar-refractivity contribution in [1.29, 1.82) is 5.26 Å². The second-order valence-electron chi connectivity index (χ2n) is 1.43. The SMILES string of the molecule is C#CC(I)OC(=O)/C=C/SC#N. The summed E-state index contributed by atoms with van der Waals surface area (Å²) in [6, 6.07) is 0. The maximum Gasteiger partial charge on any atom is 0.333 e. The number of rotatable bonds is 3. The minimum atomic E-state index is -0.563. The van der Waals surface area contributed by atoms with Gasteiger partial charge in [-0.25, -0.2) is 4.79 Å². The number of nitrogens with zero attached hydrogens (tertiary/aromatic N) is 1. The highest BCUT2D eigenvalue weighted by atomic mass is 127. The van der Waals surface area contributed by atoms with Crippen molar-refractivity contribution in [2.24, 2.45) is 0 Å². The number of nitriles is 1. The summed E-state index contributed by atoms with van der Waals surface area (Å²) < 4.78 is 4.09. The molecule has 3 nitrogen and oxygen atoms in total. The van der Waals surface area contributed by atoms with Crippen LogP contribution in [0.4, 0.5) is 0 Å². The zero-order valence-corrected chi connectivity index (χ0v) is 8.83. The van der Waals surface area contributed by atoms with Crippen LogP contribution < -0.4 is 0 Å². The molecule has 0 fully saturated rings. The van der Waals surface area contributed by atoms with Crippen molar-refractivity contribution in [1.82, 2.24) is 0 Å². The predicted molar refractivity (Wildman–Crippen MR) is 55.1 cm³/mol. The van der Waals surface area contributed by atoms with E-state index in [-0.39, 0.29) is 0 Å². The van der Waals surface area contributed by atoms with Crippen molar-refractivity contribution in [3.05, 3.63) is 11.5 Å². The molecule has 0 saturated carbocycles. The van der Waals surface area contributed by atoms with Gasteiger partial charge in [0.15, 0.2) is 0 Å². The van der Waals surface area contributed by atoms with Crippen LogP contribution in [-0.4, -0.2) is 10.1 Å². The largest absolute Gasteiger partial charge is 0.436 e. The van der Waals surface area contributed by atoms with Gasteiger partial charge in [0.1, 0.15) is 5.40 Å². The van der Waals surface area contributed by atoms with Crippen LogP contribution in [0.1, 0.15) is 0 Å². The fourth-order valence-corrected chi connectivity index (χ4v) is 0.786. The second-order valence-corrected chi connectivity index (χ2v) is 3.25. The summed E-state index contributed by atoms with van der Waals surface area (Å²) in [6.45, 7) is 0. The third kappa shape index (κ3) is 6.08. The normalized spacial score (nSPS) is 11.6.